The van der Waals surface area contributed by atoms with E-state index in [1.165, 1.54) is 25.7 Å². The molecule has 1 aromatic rings. The Morgan fingerprint density at radius 1 is 1.16 bits per heavy atom. The highest BCUT2D eigenvalue weighted by Gasteiger charge is 2.37. The molecule has 1 aromatic carbocycles. The third-order valence-electron chi connectivity index (χ3n) is 4.98. The third-order valence-corrected chi connectivity index (χ3v) is 5.47. The van der Waals surface area contributed by atoms with Crippen molar-refractivity contribution in [2.45, 2.75) is 44.2 Å². The lowest BCUT2D eigenvalue weighted by atomic mass is 9.85. The molecule has 3 atom stereocenters. The van der Waals surface area contributed by atoms with Crippen molar-refractivity contribution in [2.75, 3.05) is 13.1 Å². The van der Waals surface area contributed by atoms with Crippen LogP contribution < -0.4 is 16.0 Å². The number of benzene rings is 1. The summed E-state index contributed by atoms with van der Waals surface area (Å²) in [6.45, 7) is 0.878. The zero-order chi connectivity index (χ0) is 16.9. The predicted molar refractivity (Wildman–Crippen MR) is 104 cm³/mol. The first kappa shape index (κ1) is 20.2. The largest absolute Gasteiger partial charge is 0.353 e. The zero-order valence-corrected chi connectivity index (χ0v) is 16.5. The van der Waals surface area contributed by atoms with E-state index in [1.54, 1.807) is 12.1 Å². The summed E-state index contributed by atoms with van der Waals surface area (Å²) in [7, 11) is 0. The highest BCUT2D eigenvalue weighted by atomic mass is 79.9. The third kappa shape index (κ3) is 5.43. The summed E-state index contributed by atoms with van der Waals surface area (Å²) in [4.78, 5) is 24.3. The number of carbonyl (C=O) groups is 2. The number of nitrogens with one attached hydrogen (secondary N) is 3. The lowest BCUT2D eigenvalue weighted by molar-refractivity contribution is -0.122. The van der Waals surface area contributed by atoms with E-state index < -0.39 is 0 Å². The molecule has 1 saturated carbocycles. The number of fused-ring (bicyclic) bond motifs is 1. The number of carbonyl (C=O) groups excluding carboxylic acids is 2. The van der Waals surface area contributed by atoms with Crippen LogP contribution in [0.15, 0.2) is 28.7 Å². The number of halogens is 2. The maximum Gasteiger partial charge on any atom is 0.251 e. The van der Waals surface area contributed by atoms with Gasteiger partial charge in [0.25, 0.3) is 5.91 Å². The fourth-order valence-corrected chi connectivity index (χ4v) is 4.14. The van der Waals surface area contributed by atoms with Gasteiger partial charge in [-0.15, -0.1) is 12.4 Å². The molecule has 1 saturated heterocycles. The average molecular weight is 431 g/mol. The molecule has 3 unspecified atom stereocenters. The van der Waals surface area contributed by atoms with Crippen molar-refractivity contribution in [3.63, 3.8) is 0 Å². The van der Waals surface area contributed by atoms with Crippen molar-refractivity contribution in [2.24, 2.45) is 5.92 Å². The molecule has 2 fully saturated rings. The van der Waals surface area contributed by atoms with Gasteiger partial charge in [-0.25, -0.2) is 0 Å². The summed E-state index contributed by atoms with van der Waals surface area (Å²) in [5.41, 5.74) is 0.609. The standard InChI is InChI=1S/C18H24BrN3O2.ClH/c19-14-6-3-5-13(10-14)17(23)20-8-9-21-18(24)16-11-12-4-1-2-7-15(12)22-16;/h3,5-6,10,12,15-16,22H,1-2,4,7-9,11H2,(H,20,23)(H,21,24);1H. The molecular formula is C18H25BrClN3O2. The van der Waals surface area contributed by atoms with Crippen LogP contribution in [0.2, 0.25) is 0 Å². The topological polar surface area (TPSA) is 70.2 Å². The van der Waals surface area contributed by atoms with E-state index in [4.69, 9.17) is 0 Å². The maximum absolute atomic E-state index is 12.3. The van der Waals surface area contributed by atoms with E-state index in [2.05, 4.69) is 31.9 Å². The second-order valence-electron chi connectivity index (χ2n) is 6.66. The highest BCUT2D eigenvalue weighted by molar-refractivity contribution is 9.10. The molecule has 0 spiro atoms. The Balaban J connectivity index is 0.00000225. The predicted octanol–water partition coefficient (Wildman–Crippen LogP) is 2.64. The first-order valence-corrected chi connectivity index (χ1v) is 9.50. The van der Waals surface area contributed by atoms with Gasteiger partial charge in [-0.2, -0.15) is 0 Å². The van der Waals surface area contributed by atoms with E-state index in [1.807, 2.05) is 12.1 Å². The summed E-state index contributed by atoms with van der Waals surface area (Å²) >= 11 is 3.35. The first-order chi connectivity index (χ1) is 11.6. The summed E-state index contributed by atoms with van der Waals surface area (Å²) in [6.07, 6.45) is 5.94. The second kappa shape index (κ2) is 9.55. The van der Waals surface area contributed by atoms with Crippen molar-refractivity contribution in [3.05, 3.63) is 34.3 Å². The van der Waals surface area contributed by atoms with Gasteiger partial charge >= 0.3 is 0 Å². The number of rotatable bonds is 5. The molecule has 3 rings (SSSR count). The quantitative estimate of drug-likeness (QED) is 0.629. The van der Waals surface area contributed by atoms with Gasteiger partial charge in [-0.05, 0) is 43.4 Å². The molecule has 1 aliphatic heterocycles. The molecule has 1 heterocycles. The molecule has 0 radical (unpaired) electrons. The molecule has 5 nitrogen and oxygen atoms in total. The van der Waals surface area contributed by atoms with Crippen molar-refractivity contribution in [1.82, 2.24) is 16.0 Å². The van der Waals surface area contributed by atoms with Crippen LogP contribution in [0.1, 0.15) is 42.5 Å². The van der Waals surface area contributed by atoms with E-state index in [-0.39, 0.29) is 30.3 Å². The average Bonchev–Trinajstić information content (AvgIpc) is 3.02. The SMILES string of the molecule is Cl.O=C(NCCNC(=O)C1CC2CCCCC2N1)c1cccc(Br)c1. The van der Waals surface area contributed by atoms with Crippen LogP contribution in [0.25, 0.3) is 0 Å². The minimum absolute atomic E-state index is 0. The van der Waals surface area contributed by atoms with Crippen LogP contribution in [0.5, 0.6) is 0 Å². The van der Waals surface area contributed by atoms with Crippen molar-refractivity contribution < 1.29 is 9.59 Å². The van der Waals surface area contributed by atoms with Gasteiger partial charge in [0.1, 0.15) is 0 Å². The van der Waals surface area contributed by atoms with Crippen molar-refractivity contribution >= 4 is 40.2 Å². The van der Waals surface area contributed by atoms with Gasteiger partial charge < -0.3 is 16.0 Å². The van der Waals surface area contributed by atoms with E-state index >= 15 is 0 Å². The Morgan fingerprint density at radius 3 is 2.68 bits per heavy atom. The zero-order valence-electron chi connectivity index (χ0n) is 14.1. The monoisotopic (exact) mass is 429 g/mol. The lowest BCUT2D eigenvalue weighted by Crippen LogP contribution is -2.45. The number of amides is 2. The smallest absolute Gasteiger partial charge is 0.251 e. The van der Waals surface area contributed by atoms with E-state index in [0.717, 1.165) is 10.9 Å². The highest BCUT2D eigenvalue weighted by Crippen LogP contribution is 2.33. The fraction of sp³-hybridized carbons (Fsp3) is 0.556. The Hall–Kier alpha value is -1.11. The number of hydrogen-bond donors (Lipinski definition) is 3. The van der Waals surface area contributed by atoms with Gasteiger partial charge in [0.05, 0.1) is 6.04 Å². The Kier molecular flexibility index (Phi) is 7.72. The Labute approximate surface area is 163 Å². The van der Waals surface area contributed by atoms with Gasteiger partial charge in [0.15, 0.2) is 0 Å². The van der Waals surface area contributed by atoms with Crippen LogP contribution in [0.4, 0.5) is 0 Å². The summed E-state index contributed by atoms with van der Waals surface area (Å²) in [5, 5.41) is 9.22. The molecule has 0 bridgehead atoms. The first-order valence-electron chi connectivity index (χ1n) is 8.71. The molecule has 7 heteroatoms. The second-order valence-corrected chi connectivity index (χ2v) is 7.58. The van der Waals surface area contributed by atoms with Gasteiger partial charge in [0.2, 0.25) is 5.91 Å². The number of hydrogen-bond acceptors (Lipinski definition) is 3. The van der Waals surface area contributed by atoms with Crippen LogP contribution in [-0.4, -0.2) is 37.0 Å². The van der Waals surface area contributed by atoms with Gasteiger partial charge in [-0.3, -0.25) is 9.59 Å². The van der Waals surface area contributed by atoms with Gasteiger partial charge in [0, 0.05) is 29.2 Å². The van der Waals surface area contributed by atoms with E-state index in [0.29, 0.717) is 30.6 Å². The fourth-order valence-electron chi connectivity index (χ4n) is 3.74. The molecule has 2 aliphatic rings. The minimum Gasteiger partial charge on any atom is -0.353 e. The molecule has 1 aliphatic carbocycles. The lowest BCUT2D eigenvalue weighted by Gasteiger charge is -2.24. The molecular weight excluding hydrogens is 406 g/mol. The summed E-state index contributed by atoms with van der Waals surface area (Å²) < 4.78 is 0.872. The van der Waals surface area contributed by atoms with Crippen LogP contribution in [0.3, 0.4) is 0 Å². The maximum atomic E-state index is 12.3. The molecule has 2 amide bonds. The molecule has 138 valence electrons. The Morgan fingerprint density at radius 2 is 1.92 bits per heavy atom. The molecule has 0 aromatic heterocycles. The summed E-state index contributed by atoms with van der Waals surface area (Å²) in [5.74, 6) is 0.586. The van der Waals surface area contributed by atoms with Crippen LogP contribution in [0, 0.1) is 5.92 Å². The van der Waals surface area contributed by atoms with Crippen molar-refractivity contribution in [1.29, 1.82) is 0 Å². The van der Waals surface area contributed by atoms with Gasteiger partial charge in [-0.1, -0.05) is 34.8 Å². The van der Waals surface area contributed by atoms with E-state index in [9.17, 15) is 9.59 Å². The molecule has 3 N–H and O–H groups in total. The van der Waals surface area contributed by atoms with Crippen molar-refractivity contribution in [3.8, 4) is 0 Å². The van der Waals surface area contributed by atoms with Crippen LogP contribution >= 0.6 is 28.3 Å². The Bertz CT molecular complexity index is 600. The molecule has 25 heavy (non-hydrogen) atoms. The normalized spacial score (nSPS) is 24.8. The van der Waals surface area contributed by atoms with Crippen LogP contribution in [-0.2, 0) is 4.79 Å². The summed E-state index contributed by atoms with van der Waals surface area (Å²) in [6, 6.07) is 7.69. The minimum atomic E-state index is -0.129.